The van der Waals surface area contributed by atoms with Crippen LogP contribution in [0.3, 0.4) is 0 Å². The number of carbonyl (C=O) groups is 1. The molecule has 0 bridgehead atoms. The molecule has 0 radical (unpaired) electrons. The van der Waals surface area contributed by atoms with E-state index in [0.717, 1.165) is 11.3 Å². The van der Waals surface area contributed by atoms with Gasteiger partial charge in [-0.25, -0.2) is 4.79 Å². The Morgan fingerprint density at radius 2 is 2.06 bits per heavy atom. The molecule has 0 saturated heterocycles. The Balaban J connectivity index is 2.90. The Bertz CT molecular complexity index is 455. The van der Waals surface area contributed by atoms with Gasteiger partial charge in [0.15, 0.2) is 0 Å². The molecule has 4 heteroatoms. The fourth-order valence-corrected chi connectivity index (χ4v) is 1.24. The average molecular weight is 231 g/mol. The molecule has 0 aliphatic rings. The molecule has 0 atom stereocenters. The maximum atomic E-state index is 11.2. The van der Waals surface area contributed by atoms with Gasteiger partial charge in [-0.05, 0) is 30.7 Å². The van der Waals surface area contributed by atoms with Crippen molar-refractivity contribution in [3.63, 3.8) is 0 Å². The molecule has 4 nitrogen and oxygen atoms in total. The number of esters is 1. The first-order valence-corrected chi connectivity index (χ1v) is 5.14. The Morgan fingerprint density at radius 1 is 1.41 bits per heavy atom. The van der Waals surface area contributed by atoms with Gasteiger partial charge < -0.3 is 9.47 Å². The van der Waals surface area contributed by atoms with E-state index < -0.39 is 5.97 Å². The van der Waals surface area contributed by atoms with Crippen LogP contribution in [0.5, 0.6) is 5.75 Å². The van der Waals surface area contributed by atoms with Crippen molar-refractivity contribution in [2.75, 3.05) is 13.7 Å². The van der Waals surface area contributed by atoms with Crippen molar-refractivity contribution in [1.82, 2.24) is 0 Å². The van der Waals surface area contributed by atoms with Crippen LogP contribution in [0, 0.1) is 11.3 Å². The molecule has 17 heavy (non-hydrogen) atoms. The van der Waals surface area contributed by atoms with Crippen molar-refractivity contribution >= 4 is 12.0 Å². The molecule has 0 spiro atoms. The predicted octanol–water partition coefficient (Wildman–Crippen LogP) is 2.17. The van der Waals surface area contributed by atoms with Crippen LogP contribution in [-0.4, -0.2) is 19.7 Å². The monoisotopic (exact) mass is 231 g/mol. The van der Waals surface area contributed by atoms with Crippen LogP contribution in [-0.2, 0) is 9.53 Å². The maximum absolute atomic E-state index is 11.2. The summed E-state index contributed by atoms with van der Waals surface area (Å²) in [6.07, 6.45) is 1.47. The molecule has 0 amide bonds. The lowest BCUT2D eigenvalue weighted by Gasteiger charge is -2.02. The predicted molar refractivity (Wildman–Crippen MR) is 63.2 cm³/mol. The normalized spacial score (nSPS) is 10.5. The molecule has 0 unspecified atom stereocenters. The SMILES string of the molecule is CCOc1ccc(C=C(C#N)C(=O)OC)cc1. The van der Waals surface area contributed by atoms with Crippen LogP contribution in [0.1, 0.15) is 12.5 Å². The zero-order chi connectivity index (χ0) is 12.7. The number of nitriles is 1. The van der Waals surface area contributed by atoms with Crippen LogP contribution < -0.4 is 4.74 Å². The molecule has 88 valence electrons. The second-order valence-corrected chi connectivity index (χ2v) is 3.16. The van der Waals surface area contributed by atoms with E-state index in [1.54, 1.807) is 30.3 Å². The second kappa shape index (κ2) is 6.33. The number of ether oxygens (including phenoxy) is 2. The minimum absolute atomic E-state index is 0.0309. The van der Waals surface area contributed by atoms with Gasteiger partial charge in [-0.2, -0.15) is 5.26 Å². The highest BCUT2D eigenvalue weighted by Gasteiger charge is 2.08. The topological polar surface area (TPSA) is 59.3 Å². The van der Waals surface area contributed by atoms with E-state index in [-0.39, 0.29) is 5.57 Å². The van der Waals surface area contributed by atoms with E-state index in [0.29, 0.717) is 6.61 Å². The van der Waals surface area contributed by atoms with E-state index in [9.17, 15) is 4.79 Å². The zero-order valence-electron chi connectivity index (χ0n) is 9.77. The first-order chi connectivity index (χ1) is 8.21. The first-order valence-electron chi connectivity index (χ1n) is 5.14. The summed E-state index contributed by atoms with van der Waals surface area (Å²) in [7, 11) is 1.24. The molecule has 0 aliphatic heterocycles. The lowest BCUT2D eigenvalue weighted by Crippen LogP contribution is -2.02. The lowest BCUT2D eigenvalue weighted by atomic mass is 10.1. The molecule has 0 heterocycles. The highest BCUT2D eigenvalue weighted by atomic mass is 16.5. The summed E-state index contributed by atoms with van der Waals surface area (Å²) in [4.78, 5) is 11.2. The van der Waals surface area contributed by atoms with Crippen LogP contribution in [0.25, 0.3) is 6.08 Å². The van der Waals surface area contributed by atoms with Crippen LogP contribution in [0.15, 0.2) is 29.8 Å². The number of nitrogens with zero attached hydrogens (tertiary/aromatic N) is 1. The van der Waals surface area contributed by atoms with Crippen molar-refractivity contribution in [3.05, 3.63) is 35.4 Å². The van der Waals surface area contributed by atoms with Crippen molar-refractivity contribution < 1.29 is 14.3 Å². The van der Waals surface area contributed by atoms with Crippen LogP contribution in [0.4, 0.5) is 0 Å². The van der Waals surface area contributed by atoms with E-state index >= 15 is 0 Å². The van der Waals surface area contributed by atoms with E-state index in [1.165, 1.54) is 13.2 Å². The molecule has 1 aromatic rings. The standard InChI is InChI=1S/C13H13NO3/c1-3-17-12-6-4-10(5-7-12)8-11(9-14)13(15)16-2/h4-8H,3H2,1-2H3. The molecule has 1 aromatic carbocycles. The van der Waals surface area contributed by atoms with Crippen molar-refractivity contribution in [3.8, 4) is 11.8 Å². The minimum Gasteiger partial charge on any atom is -0.494 e. The number of carbonyl (C=O) groups excluding carboxylic acids is 1. The van der Waals surface area contributed by atoms with Gasteiger partial charge in [0.2, 0.25) is 0 Å². The molecule has 0 N–H and O–H groups in total. The van der Waals surface area contributed by atoms with Gasteiger partial charge in [-0.15, -0.1) is 0 Å². The van der Waals surface area contributed by atoms with E-state index in [1.807, 2.05) is 6.92 Å². The van der Waals surface area contributed by atoms with Gasteiger partial charge in [-0.1, -0.05) is 12.1 Å². The highest BCUT2D eigenvalue weighted by molar-refractivity contribution is 5.97. The largest absolute Gasteiger partial charge is 0.494 e. The average Bonchev–Trinajstić information content (AvgIpc) is 2.37. The summed E-state index contributed by atoms with van der Waals surface area (Å²) in [6.45, 7) is 2.50. The third-order valence-electron chi connectivity index (χ3n) is 2.03. The quantitative estimate of drug-likeness (QED) is 0.452. The summed E-state index contributed by atoms with van der Waals surface area (Å²) in [5, 5.41) is 8.78. The number of hydrogen-bond acceptors (Lipinski definition) is 4. The summed E-state index contributed by atoms with van der Waals surface area (Å²) >= 11 is 0. The third kappa shape index (κ3) is 3.65. The lowest BCUT2D eigenvalue weighted by molar-refractivity contribution is -0.135. The summed E-state index contributed by atoms with van der Waals surface area (Å²) in [5.41, 5.74) is 0.715. The van der Waals surface area contributed by atoms with Gasteiger partial charge in [-0.3, -0.25) is 0 Å². The van der Waals surface area contributed by atoms with Gasteiger partial charge in [0, 0.05) is 0 Å². The van der Waals surface area contributed by atoms with Crippen LogP contribution >= 0.6 is 0 Å². The van der Waals surface area contributed by atoms with Crippen molar-refractivity contribution in [2.24, 2.45) is 0 Å². The van der Waals surface area contributed by atoms with Gasteiger partial charge in [0.05, 0.1) is 13.7 Å². The smallest absolute Gasteiger partial charge is 0.348 e. The molecule has 0 saturated carbocycles. The highest BCUT2D eigenvalue weighted by Crippen LogP contribution is 2.14. The number of rotatable bonds is 4. The Labute approximate surface area is 100 Å². The Morgan fingerprint density at radius 3 is 2.53 bits per heavy atom. The summed E-state index contributed by atoms with van der Waals surface area (Å²) in [6, 6.07) is 8.89. The summed E-state index contributed by atoms with van der Waals surface area (Å²) < 4.78 is 9.77. The van der Waals surface area contributed by atoms with Crippen molar-refractivity contribution in [2.45, 2.75) is 6.92 Å². The van der Waals surface area contributed by atoms with Gasteiger partial charge >= 0.3 is 5.97 Å². The molecular formula is C13H13NO3. The van der Waals surface area contributed by atoms with Gasteiger partial charge in [0.25, 0.3) is 0 Å². The molecular weight excluding hydrogens is 218 g/mol. The fourth-order valence-electron chi connectivity index (χ4n) is 1.24. The first kappa shape index (κ1) is 12.8. The number of benzene rings is 1. The number of methoxy groups -OCH3 is 1. The maximum Gasteiger partial charge on any atom is 0.348 e. The molecule has 0 aromatic heterocycles. The second-order valence-electron chi connectivity index (χ2n) is 3.16. The van der Waals surface area contributed by atoms with E-state index in [4.69, 9.17) is 10.00 Å². The fraction of sp³-hybridized carbons (Fsp3) is 0.231. The number of hydrogen-bond donors (Lipinski definition) is 0. The minimum atomic E-state index is -0.638. The summed E-state index contributed by atoms with van der Waals surface area (Å²) in [5.74, 6) is 0.114. The van der Waals surface area contributed by atoms with Crippen molar-refractivity contribution in [1.29, 1.82) is 5.26 Å². The Hall–Kier alpha value is -2.28. The molecule has 0 fully saturated rings. The molecule has 0 aliphatic carbocycles. The third-order valence-corrected chi connectivity index (χ3v) is 2.03. The zero-order valence-corrected chi connectivity index (χ0v) is 9.77. The van der Waals surface area contributed by atoms with E-state index in [2.05, 4.69) is 4.74 Å². The molecule has 1 rings (SSSR count). The Kier molecular flexibility index (Phi) is 4.77. The van der Waals surface area contributed by atoms with Crippen LogP contribution in [0.2, 0.25) is 0 Å². The van der Waals surface area contributed by atoms with Gasteiger partial charge in [0.1, 0.15) is 17.4 Å².